The van der Waals surface area contributed by atoms with Crippen molar-refractivity contribution in [3.05, 3.63) is 18.0 Å². The second-order valence-corrected chi connectivity index (χ2v) is 6.17. The van der Waals surface area contributed by atoms with E-state index in [-0.39, 0.29) is 0 Å². The van der Waals surface area contributed by atoms with Crippen LogP contribution in [0.4, 0.5) is 18.3 Å². The molecule has 1 aliphatic carbocycles. The first-order chi connectivity index (χ1) is 10.7. The molecule has 2 heterocycles. The molecular weight excluding hydrogens is 333 g/mol. The molecule has 2 aromatic heterocycles. The van der Waals surface area contributed by atoms with E-state index in [4.69, 9.17) is 15.6 Å². The quantitative estimate of drug-likeness (QED) is 0.889. The van der Waals surface area contributed by atoms with Gasteiger partial charge in [-0.2, -0.15) is 18.3 Å². The van der Waals surface area contributed by atoms with Crippen LogP contribution in [0.25, 0.3) is 10.6 Å². The van der Waals surface area contributed by atoms with Crippen LogP contribution in [0.15, 0.2) is 12.3 Å². The number of nitrogens with zero attached hydrogens (tertiary/aromatic N) is 3. The number of aromatic nitrogens is 3. The summed E-state index contributed by atoms with van der Waals surface area (Å²) in [5.74, 6) is -1.91. The van der Waals surface area contributed by atoms with Gasteiger partial charge < -0.3 is 10.8 Å². The minimum Gasteiger partial charge on any atom is -0.475 e. The normalized spacial score (nSPS) is 14.3. The molecule has 2 aromatic rings. The van der Waals surface area contributed by atoms with E-state index in [0.29, 0.717) is 5.13 Å². The summed E-state index contributed by atoms with van der Waals surface area (Å²) in [6.07, 6.45) is -0.341. The summed E-state index contributed by atoms with van der Waals surface area (Å²) in [4.78, 5) is 14.2. The Balaban J connectivity index is 0.000000236. The molecule has 0 unspecified atom stereocenters. The average molecular weight is 348 g/mol. The number of carbonyl (C=O) groups is 1. The van der Waals surface area contributed by atoms with Gasteiger partial charge in [-0.25, -0.2) is 9.78 Å². The largest absolute Gasteiger partial charge is 0.490 e. The third-order valence-corrected chi connectivity index (χ3v) is 4.08. The number of halogens is 3. The molecule has 0 aliphatic heterocycles. The van der Waals surface area contributed by atoms with Crippen molar-refractivity contribution in [1.82, 2.24) is 14.8 Å². The predicted molar refractivity (Wildman–Crippen MR) is 78.9 cm³/mol. The lowest BCUT2D eigenvalue weighted by Crippen LogP contribution is -2.21. The average Bonchev–Trinajstić information content (AvgIpc) is 3.00. The number of carboxylic acid groups (broad SMARTS) is 1. The molecule has 126 valence electrons. The van der Waals surface area contributed by atoms with Gasteiger partial charge in [0.2, 0.25) is 0 Å². The molecule has 0 aromatic carbocycles. The molecule has 0 radical (unpaired) electrons. The first-order valence-electron chi connectivity index (χ1n) is 6.73. The Morgan fingerprint density at radius 2 is 2.13 bits per heavy atom. The molecule has 0 bridgehead atoms. The molecule has 0 atom stereocenters. The van der Waals surface area contributed by atoms with E-state index < -0.39 is 12.1 Å². The van der Waals surface area contributed by atoms with E-state index in [0.717, 1.165) is 28.7 Å². The van der Waals surface area contributed by atoms with E-state index in [9.17, 15) is 13.2 Å². The first kappa shape index (κ1) is 17.3. The summed E-state index contributed by atoms with van der Waals surface area (Å²) >= 11 is 1.51. The van der Waals surface area contributed by atoms with Crippen molar-refractivity contribution < 1.29 is 23.1 Å². The van der Waals surface area contributed by atoms with Crippen LogP contribution in [-0.2, 0) is 11.3 Å². The van der Waals surface area contributed by atoms with E-state index in [1.54, 1.807) is 0 Å². The Morgan fingerprint density at radius 1 is 1.52 bits per heavy atom. The first-order valence-corrected chi connectivity index (χ1v) is 7.55. The molecule has 3 N–H and O–H groups in total. The fourth-order valence-electron chi connectivity index (χ4n) is 1.80. The minimum atomic E-state index is -5.08. The monoisotopic (exact) mass is 348 g/mol. The van der Waals surface area contributed by atoms with Crippen LogP contribution >= 0.6 is 11.3 Å². The van der Waals surface area contributed by atoms with E-state index in [2.05, 4.69) is 10.1 Å². The lowest BCUT2D eigenvalue weighted by Gasteiger charge is -1.97. The number of carboxylic acids is 1. The highest BCUT2D eigenvalue weighted by Crippen LogP contribution is 2.32. The predicted octanol–water partition coefficient (Wildman–Crippen LogP) is 2.94. The summed E-state index contributed by atoms with van der Waals surface area (Å²) in [7, 11) is 0. The summed E-state index contributed by atoms with van der Waals surface area (Å²) in [5, 5.41) is 12.3. The Labute approximate surface area is 133 Å². The number of aryl methyl sites for hydroxylation is 1. The standard InChI is InChI=1S/C11H14N4S.C2HF3O2/c1-7-10(16-11(12)13-7)9-4-5-15(14-9)6-8-2-3-8;3-2(4,5)1(6)7/h4-5,8H,2-3,6H2,1H3,(H2,12,13);(H,6,7). The second kappa shape index (κ2) is 6.57. The molecule has 1 saturated carbocycles. The van der Waals surface area contributed by atoms with Crippen LogP contribution in [0.2, 0.25) is 0 Å². The van der Waals surface area contributed by atoms with Crippen LogP contribution < -0.4 is 5.73 Å². The molecule has 3 rings (SSSR count). The van der Waals surface area contributed by atoms with Gasteiger partial charge in [0.1, 0.15) is 5.69 Å². The second-order valence-electron chi connectivity index (χ2n) is 5.14. The number of thiazole rings is 1. The summed E-state index contributed by atoms with van der Waals surface area (Å²) in [5.41, 5.74) is 7.65. The van der Waals surface area contributed by atoms with Crippen molar-refractivity contribution in [2.75, 3.05) is 5.73 Å². The highest BCUT2D eigenvalue weighted by atomic mass is 32.1. The molecular formula is C13H15F3N4O2S. The van der Waals surface area contributed by atoms with Crippen molar-refractivity contribution in [2.24, 2.45) is 5.92 Å². The fourth-order valence-corrected chi connectivity index (χ4v) is 2.60. The van der Waals surface area contributed by atoms with Crippen molar-refractivity contribution >= 4 is 22.4 Å². The maximum absolute atomic E-state index is 10.6. The van der Waals surface area contributed by atoms with E-state index in [1.807, 2.05) is 23.9 Å². The van der Waals surface area contributed by atoms with Gasteiger partial charge in [0.05, 0.1) is 10.6 Å². The Bertz CT molecular complexity index is 692. The fraction of sp³-hybridized carbons (Fsp3) is 0.462. The van der Waals surface area contributed by atoms with Crippen molar-refractivity contribution in [3.8, 4) is 10.6 Å². The third-order valence-electron chi connectivity index (χ3n) is 3.07. The van der Waals surface area contributed by atoms with Gasteiger partial charge >= 0.3 is 12.1 Å². The summed E-state index contributed by atoms with van der Waals surface area (Å²) in [6, 6.07) is 2.04. The van der Waals surface area contributed by atoms with Gasteiger partial charge in [0.15, 0.2) is 5.13 Å². The topological polar surface area (TPSA) is 94.0 Å². The van der Waals surface area contributed by atoms with Crippen molar-refractivity contribution in [1.29, 1.82) is 0 Å². The Morgan fingerprint density at radius 3 is 2.57 bits per heavy atom. The highest BCUT2D eigenvalue weighted by molar-refractivity contribution is 7.18. The summed E-state index contributed by atoms with van der Waals surface area (Å²) < 4.78 is 33.8. The SMILES string of the molecule is Cc1nc(N)sc1-c1ccn(CC2CC2)n1.O=C(O)C(F)(F)F. The molecule has 1 aliphatic rings. The number of nitrogen functional groups attached to an aromatic ring is 1. The highest BCUT2D eigenvalue weighted by Gasteiger charge is 2.38. The third kappa shape index (κ3) is 4.95. The molecule has 10 heteroatoms. The maximum atomic E-state index is 10.6. The van der Waals surface area contributed by atoms with E-state index in [1.165, 1.54) is 24.2 Å². The molecule has 6 nitrogen and oxygen atoms in total. The van der Waals surface area contributed by atoms with Crippen LogP contribution in [0.3, 0.4) is 0 Å². The molecule has 0 saturated heterocycles. The summed E-state index contributed by atoms with van der Waals surface area (Å²) in [6.45, 7) is 3.02. The smallest absolute Gasteiger partial charge is 0.475 e. The van der Waals surface area contributed by atoms with Crippen LogP contribution in [0, 0.1) is 12.8 Å². The lowest BCUT2D eigenvalue weighted by atomic mass is 10.3. The molecule has 0 amide bonds. The van der Waals surface area contributed by atoms with Gasteiger partial charge in [0, 0.05) is 12.7 Å². The number of hydrogen-bond acceptors (Lipinski definition) is 5. The zero-order valence-corrected chi connectivity index (χ0v) is 13.0. The number of anilines is 1. The number of hydrogen-bond donors (Lipinski definition) is 2. The minimum absolute atomic E-state index is 0.615. The van der Waals surface area contributed by atoms with Gasteiger partial charge in [-0.1, -0.05) is 11.3 Å². The maximum Gasteiger partial charge on any atom is 0.490 e. The van der Waals surface area contributed by atoms with Crippen LogP contribution in [-0.4, -0.2) is 32.0 Å². The molecule has 1 fully saturated rings. The number of nitrogens with two attached hydrogens (primary N) is 1. The van der Waals surface area contributed by atoms with Crippen LogP contribution in [0.1, 0.15) is 18.5 Å². The lowest BCUT2D eigenvalue weighted by molar-refractivity contribution is -0.192. The van der Waals surface area contributed by atoms with Gasteiger partial charge in [-0.05, 0) is 31.7 Å². The van der Waals surface area contributed by atoms with Crippen molar-refractivity contribution in [3.63, 3.8) is 0 Å². The zero-order valence-electron chi connectivity index (χ0n) is 12.2. The molecule has 23 heavy (non-hydrogen) atoms. The van der Waals surface area contributed by atoms with Gasteiger partial charge in [-0.15, -0.1) is 0 Å². The van der Waals surface area contributed by atoms with Gasteiger partial charge in [-0.3, -0.25) is 4.68 Å². The van der Waals surface area contributed by atoms with E-state index >= 15 is 0 Å². The molecule has 0 spiro atoms. The Hall–Kier alpha value is -2.10. The van der Waals surface area contributed by atoms with Gasteiger partial charge in [0.25, 0.3) is 0 Å². The number of rotatable bonds is 3. The van der Waals surface area contributed by atoms with Crippen molar-refractivity contribution in [2.45, 2.75) is 32.5 Å². The van der Waals surface area contributed by atoms with Crippen LogP contribution in [0.5, 0.6) is 0 Å². The zero-order chi connectivity index (χ0) is 17.2. The number of aliphatic carboxylic acids is 1. The Kier molecular flexibility index (Phi) is 4.93. The number of alkyl halides is 3.